The lowest BCUT2D eigenvalue weighted by atomic mass is 10.2. The van der Waals surface area contributed by atoms with E-state index in [0.29, 0.717) is 11.7 Å². The Kier molecular flexibility index (Phi) is 5.25. The molecule has 0 bridgehead atoms. The Balaban J connectivity index is 2.57. The predicted octanol–water partition coefficient (Wildman–Crippen LogP) is 0.0378. The van der Waals surface area contributed by atoms with Crippen LogP contribution in [0.1, 0.15) is 17.8 Å². The summed E-state index contributed by atoms with van der Waals surface area (Å²) in [4.78, 5) is 0. The molecule has 0 saturated heterocycles. The van der Waals surface area contributed by atoms with Gasteiger partial charge in [-0.2, -0.15) is 12.7 Å². The topological polar surface area (TPSA) is 101 Å². The van der Waals surface area contributed by atoms with Gasteiger partial charge in [0.2, 0.25) is 5.13 Å². The fraction of sp³-hybridized carbons (Fsp3) is 0.750. The van der Waals surface area contributed by atoms with E-state index in [9.17, 15) is 8.42 Å². The smallest absolute Gasteiger partial charge is 0.302 e. The van der Waals surface area contributed by atoms with Gasteiger partial charge in [-0.05, 0) is 19.4 Å². The molecule has 0 radical (unpaired) electrons. The number of aryl methyl sites for hydroxylation is 1. The maximum absolute atomic E-state index is 11.5. The summed E-state index contributed by atoms with van der Waals surface area (Å²) in [5.41, 5.74) is 5.38. The van der Waals surface area contributed by atoms with E-state index in [1.807, 2.05) is 0 Å². The highest BCUT2D eigenvalue weighted by Gasteiger charge is 2.15. The molecule has 98 valence electrons. The van der Waals surface area contributed by atoms with Gasteiger partial charge in [-0.15, -0.1) is 10.2 Å². The number of nitrogens with two attached hydrogens (primary N) is 1. The van der Waals surface area contributed by atoms with E-state index in [4.69, 9.17) is 5.73 Å². The van der Waals surface area contributed by atoms with Crippen molar-refractivity contribution in [2.24, 2.45) is 5.73 Å². The highest BCUT2D eigenvalue weighted by molar-refractivity contribution is 7.90. The van der Waals surface area contributed by atoms with E-state index in [-0.39, 0.29) is 0 Å². The lowest BCUT2D eigenvalue weighted by Gasteiger charge is -2.10. The second-order valence-electron chi connectivity index (χ2n) is 3.64. The maximum Gasteiger partial charge on any atom is 0.302 e. The number of hydrogen-bond donors (Lipinski definition) is 2. The molecule has 0 aliphatic rings. The lowest BCUT2D eigenvalue weighted by molar-refractivity contribution is 0.526. The van der Waals surface area contributed by atoms with Gasteiger partial charge in [-0.25, -0.2) is 4.72 Å². The second-order valence-corrected chi connectivity index (χ2v) is 6.58. The summed E-state index contributed by atoms with van der Waals surface area (Å²) >= 11 is 1.25. The summed E-state index contributed by atoms with van der Waals surface area (Å²) in [6.45, 7) is 0.652. The van der Waals surface area contributed by atoms with Gasteiger partial charge < -0.3 is 5.73 Å². The first-order chi connectivity index (χ1) is 7.95. The van der Waals surface area contributed by atoms with E-state index < -0.39 is 10.2 Å². The van der Waals surface area contributed by atoms with Gasteiger partial charge in [0.15, 0.2) is 0 Å². The third-order valence-electron chi connectivity index (χ3n) is 2.01. The minimum absolute atomic E-state index is 0.293. The number of nitrogens with one attached hydrogen (secondary N) is 1. The molecular formula is C8H17N5O2S2. The molecular weight excluding hydrogens is 262 g/mol. The monoisotopic (exact) mass is 279 g/mol. The van der Waals surface area contributed by atoms with Crippen LogP contribution in [0.4, 0.5) is 5.13 Å². The number of hydrogen-bond acceptors (Lipinski definition) is 6. The number of aromatic nitrogens is 2. The van der Waals surface area contributed by atoms with Crippen LogP contribution in [0.5, 0.6) is 0 Å². The van der Waals surface area contributed by atoms with Crippen molar-refractivity contribution in [3.8, 4) is 0 Å². The predicted molar refractivity (Wildman–Crippen MR) is 68.1 cm³/mol. The Morgan fingerprint density at radius 3 is 2.65 bits per heavy atom. The molecule has 0 fully saturated rings. The van der Waals surface area contributed by atoms with Crippen molar-refractivity contribution >= 4 is 26.7 Å². The van der Waals surface area contributed by atoms with Crippen molar-refractivity contribution in [1.82, 2.24) is 14.5 Å². The van der Waals surface area contributed by atoms with E-state index in [0.717, 1.165) is 28.6 Å². The Morgan fingerprint density at radius 2 is 2.06 bits per heavy atom. The van der Waals surface area contributed by atoms with Crippen LogP contribution in [0, 0.1) is 0 Å². The molecule has 1 heterocycles. The molecule has 0 spiro atoms. The van der Waals surface area contributed by atoms with Crippen LogP contribution in [-0.2, 0) is 16.6 Å². The van der Waals surface area contributed by atoms with Crippen LogP contribution in [0.25, 0.3) is 0 Å². The van der Waals surface area contributed by atoms with Crippen LogP contribution in [0.15, 0.2) is 0 Å². The summed E-state index contributed by atoms with van der Waals surface area (Å²) in [5, 5.41) is 8.80. The number of anilines is 1. The molecule has 1 aromatic rings. The third kappa shape index (κ3) is 4.54. The summed E-state index contributed by atoms with van der Waals surface area (Å²) in [6.07, 6.45) is 2.64. The zero-order valence-corrected chi connectivity index (χ0v) is 11.5. The maximum atomic E-state index is 11.5. The van der Waals surface area contributed by atoms with Gasteiger partial charge in [0.1, 0.15) is 5.01 Å². The Bertz CT molecular complexity index is 443. The van der Waals surface area contributed by atoms with Gasteiger partial charge in [0.25, 0.3) is 0 Å². The molecule has 0 saturated carbocycles. The SMILES string of the molecule is CN(C)S(=O)(=O)Nc1nnc(CCCCN)s1. The van der Waals surface area contributed by atoms with Gasteiger partial charge in [0, 0.05) is 20.5 Å². The first-order valence-corrected chi connectivity index (χ1v) is 7.44. The summed E-state index contributed by atoms with van der Waals surface area (Å²) in [5.74, 6) is 0. The molecule has 0 atom stereocenters. The molecule has 1 aromatic heterocycles. The molecule has 9 heteroatoms. The molecule has 0 aromatic carbocycles. The Hall–Kier alpha value is -0.770. The van der Waals surface area contributed by atoms with E-state index in [2.05, 4.69) is 14.9 Å². The van der Waals surface area contributed by atoms with Gasteiger partial charge in [-0.1, -0.05) is 11.3 Å². The Labute approximate surface area is 105 Å². The van der Waals surface area contributed by atoms with Crippen LogP contribution >= 0.6 is 11.3 Å². The molecule has 1 rings (SSSR count). The first kappa shape index (κ1) is 14.3. The molecule has 0 aliphatic carbocycles. The van der Waals surface area contributed by atoms with Crippen LogP contribution in [-0.4, -0.2) is 43.6 Å². The van der Waals surface area contributed by atoms with E-state index in [1.165, 1.54) is 25.4 Å². The second kappa shape index (κ2) is 6.24. The standard InChI is InChI=1S/C8H17N5O2S2/c1-13(2)17(14,15)12-8-11-10-7(16-8)5-3-4-6-9/h3-6,9H2,1-2H3,(H,11,12). The van der Waals surface area contributed by atoms with Crippen LogP contribution in [0.3, 0.4) is 0 Å². The van der Waals surface area contributed by atoms with Crippen LogP contribution in [0.2, 0.25) is 0 Å². The quantitative estimate of drug-likeness (QED) is 0.686. The zero-order chi connectivity index (χ0) is 12.9. The number of unbranched alkanes of at least 4 members (excludes halogenated alkanes) is 1. The highest BCUT2D eigenvalue weighted by Crippen LogP contribution is 2.18. The average Bonchev–Trinajstić information content (AvgIpc) is 2.65. The third-order valence-corrected chi connectivity index (χ3v) is 4.45. The molecule has 7 nitrogen and oxygen atoms in total. The van der Waals surface area contributed by atoms with E-state index >= 15 is 0 Å². The van der Waals surface area contributed by atoms with Crippen molar-refractivity contribution in [2.75, 3.05) is 25.4 Å². The minimum Gasteiger partial charge on any atom is -0.330 e. The first-order valence-electron chi connectivity index (χ1n) is 5.18. The fourth-order valence-corrected chi connectivity index (χ4v) is 2.58. The normalized spacial score (nSPS) is 12.0. The zero-order valence-electron chi connectivity index (χ0n) is 9.88. The van der Waals surface area contributed by atoms with Crippen LogP contribution < -0.4 is 10.5 Å². The van der Waals surface area contributed by atoms with Gasteiger partial charge in [0.05, 0.1) is 0 Å². The van der Waals surface area contributed by atoms with Crippen molar-refractivity contribution in [3.05, 3.63) is 5.01 Å². The number of rotatable bonds is 7. The summed E-state index contributed by atoms with van der Waals surface area (Å²) in [7, 11) is -0.592. The van der Waals surface area contributed by atoms with Crippen molar-refractivity contribution in [2.45, 2.75) is 19.3 Å². The average molecular weight is 279 g/mol. The Morgan fingerprint density at radius 1 is 1.35 bits per heavy atom. The highest BCUT2D eigenvalue weighted by atomic mass is 32.2. The molecule has 0 aliphatic heterocycles. The van der Waals surface area contributed by atoms with Gasteiger partial charge in [-0.3, -0.25) is 0 Å². The summed E-state index contributed by atoms with van der Waals surface area (Å²) in [6, 6.07) is 0. The largest absolute Gasteiger partial charge is 0.330 e. The van der Waals surface area contributed by atoms with Crippen molar-refractivity contribution in [1.29, 1.82) is 0 Å². The lowest BCUT2D eigenvalue weighted by Crippen LogP contribution is -2.28. The van der Waals surface area contributed by atoms with Gasteiger partial charge >= 0.3 is 10.2 Å². The fourth-order valence-electron chi connectivity index (χ4n) is 1.02. The molecule has 17 heavy (non-hydrogen) atoms. The number of nitrogens with zero attached hydrogens (tertiary/aromatic N) is 3. The van der Waals surface area contributed by atoms with Crippen molar-refractivity contribution < 1.29 is 8.42 Å². The molecule has 0 amide bonds. The molecule has 0 unspecified atom stereocenters. The summed E-state index contributed by atoms with van der Waals surface area (Å²) < 4.78 is 26.4. The minimum atomic E-state index is -3.49. The van der Waals surface area contributed by atoms with E-state index in [1.54, 1.807) is 0 Å². The van der Waals surface area contributed by atoms with Crippen molar-refractivity contribution in [3.63, 3.8) is 0 Å². The molecule has 3 N–H and O–H groups in total.